The van der Waals surface area contributed by atoms with Crippen LogP contribution in [0, 0.1) is 23.2 Å². The Labute approximate surface area is 179 Å². The van der Waals surface area contributed by atoms with E-state index in [4.69, 9.17) is 4.74 Å². The molecule has 6 atom stereocenters. The highest BCUT2D eigenvalue weighted by Crippen LogP contribution is 2.60. The molecule has 1 aromatic rings. The number of hydrogen-bond acceptors (Lipinski definition) is 3. The van der Waals surface area contributed by atoms with Gasteiger partial charge in [0.1, 0.15) is 6.10 Å². The third-order valence-electron chi connectivity index (χ3n) is 8.84. The van der Waals surface area contributed by atoms with Gasteiger partial charge in [-0.15, -0.1) is 0 Å². The quantitative estimate of drug-likeness (QED) is 0.552. The highest BCUT2D eigenvalue weighted by Gasteiger charge is 2.56. The SMILES string of the molecule is C[C@]12CC[C@H](OC(=O)c3ccccc3)CC1=CC[C@@H]1[C@@H]2CC[C@]2(C)NC(=O)CC[C@@H]12. The van der Waals surface area contributed by atoms with Crippen molar-refractivity contribution in [3.8, 4) is 0 Å². The van der Waals surface area contributed by atoms with Crippen LogP contribution in [0.2, 0.25) is 0 Å². The zero-order valence-electron chi connectivity index (χ0n) is 18.2. The predicted molar refractivity (Wildman–Crippen MR) is 116 cm³/mol. The zero-order valence-corrected chi connectivity index (χ0v) is 18.2. The number of fused-ring (bicyclic) bond motifs is 5. The van der Waals surface area contributed by atoms with Crippen molar-refractivity contribution in [3.63, 3.8) is 0 Å². The summed E-state index contributed by atoms with van der Waals surface area (Å²) in [4.78, 5) is 24.6. The maximum atomic E-state index is 12.5. The number of nitrogens with one attached hydrogen (secondary N) is 1. The number of allylic oxidation sites excluding steroid dienone is 1. The summed E-state index contributed by atoms with van der Waals surface area (Å²) in [6.07, 6.45) is 10.4. The summed E-state index contributed by atoms with van der Waals surface area (Å²) in [5.74, 6) is 1.94. The highest BCUT2D eigenvalue weighted by atomic mass is 16.5. The van der Waals surface area contributed by atoms with Crippen LogP contribution < -0.4 is 5.32 Å². The van der Waals surface area contributed by atoms with E-state index in [-0.39, 0.29) is 28.9 Å². The van der Waals surface area contributed by atoms with Gasteiger partial charge in [0, 0.05) is 18.4 Å². The van der Waals surface area contributed by atoms with Crippen molar-refractivity contribution >= 4 is 11.9 Å². The number of esters is 1. The number of hydrogen-bond donors (Lipinski definition) is 1. The molecule has 5 rings (SSSR count). The second kappa shape index (κ2) is 7.25. The van der Waals surface area contributed by atoms with Crippen LogP contribution in [0.4, 0.5) is 0 Å². The molecule has 3 fully saturated rings. The van der Waals surface area contributed by atoms with E-state index in [9.17, 15) is 9.59 Å². The van der Waals surface area contributed by atoms with E-state index in [0.717, 1.165) is 38.5 Å². The van der Waals surface area contributed by atoms with Gasteiger partial charge in [-0.2, -0.15) is 0 Å². The lowest BCUT2D eigenvalue weighted by molar-refractivity contribution is -0.131. The first-order chi connectivity index (χ1) is 14.4. The van der Waals surface area contributed by atoms with Crippen LogP contribution in [-0.4, -0.2) is 23.5 Å². The van der Waals surface area contributed by atoms with E-state index in [2.05, 4.69) is 25.2 Å². The molecule has 0 radical (unpaired) electrons. The average Bonchev–Trinajstić information content (AvgIpc) is 2.73. The van der Waals surface area contributed by atoms with Crippen molar-refractivity contribution in [2.75, 3.05) is 0 Å². The molecule has 1 aliphatic heterocycles. The summed E-state index contributed by atoms with van der Waals surface area (Å²) < 4.78 is 5.89. The summed E-state index contributed by atoms with van der Waals surface area (Å²) in [5, 5.41) is 3.34. The summed E-state index contributed by atoms with van der Waals surface area (Å²) in [6.45, 7) is 4.72. The molecular formula is C26H33NO3. The van der Waals surface area contributed by atoms with Gasteiger partial charge in [-0.05, 0) is 80.8 Å². The van der Waals surface area contributed by atoms with E-state index in [1.54, 1.807) is 0 Å². The molecule has 2 saturated carbocycles. The summed E-state index contributed by atoms with van der Waals surface area (Å²) in [7, 11) is 0. The summed E-state index contributed by atoms with van der Waals surface area (Å²) in [6, 6.07) is 9.31. The highest BCUT2D eigenvalue weighted by molar-refractivity contribution is 5.89. The van der Waals surface area contributed by atoms with Crippen molar-refractivity contribution in [1.29, 1.82) is 0 Å². The Morgan fingerprint density at radius 1 is 1.07 bits per heavy atom. The Morgan fingerprint density at radius 3 is 2.67 bits per heavy atom. The first-order valence-electron chi connectivity index (χ1n) is 11.7. The maximum Gasteiger partial charge on any atom is 0.338 e. The Bertz CT molecular complexity index is 878. The molecule has 4 nitrogen and oxygen atoms in total. The molecule has 0 bridgehead atoms. The number of carbonyl (C=O) groups excluding carboxylic acids is 2. The molecule has 0 aromatic heterocycles. The molecule has 30 heavy (non-hydrogen) atoms. The van der Waals surface area contributed by atoms with E-state index in [1.807, 2.05) is 30.3 Å². The van der Waals surface area contributed by atoms with Gasteiger partial charge >= 0.3 is 5.97 Å². The first-order valence-corrected chi connectivity index (χ1v) is 11.7. The Morgan fingerprint density at radius 2 is 1.87 bits per heavy atom. The van der Waals surface area contributed by atoms with Crippen LogP contribution in [0.5, 0.6) is 0 Å². The van der Waals surface area contributed by atoms with Gasteiger partial charge in [0.25, 0.3) is 0 Å². The molecule has 160 valence electrons. The van der Waals surface area contributed by atoms with Gasteiger partial charge in [0.2, 0.25) is 5.91 Å². The standard InChI is InChI=1S/C26H33NO3/c1-25-14-12-19(30-24(29)17-6-4-3-5-7-17)16-18(25)8-9-20-21(25)13-15-26(2)22(20)10-11-23(28)27-26/h3-8,19-22H,9-16H2,1-2H3,(H,27,28)/t19-,20+,21-,22-,25-,26-/m0/s1. The normalized spacial score (nSPS) is 40.2. The van der Waals surface area contributed by atoms with Crippen molar-refractivity contribution in [1.82, 2.24) is 5.32 Å². The Balaban J connectivity index is 1.32. The van der Waals surface area contributed by atoms with Crippen LogP contribution in [0.1, 0.15) is 75.6 Å². The van der Waals surface area contributed by atoms with Gasteiger partial charge in [0.05, 0.1) is 5.56 Å². The van der Waals surface area contributed by atoms with Crippen LogP contribution in [0.15, 0.2) is 42.0 Å². The number of piperidine rings is 1. The third-order valence-corrected chi connectivity index (χ3v) is 8.84. The van der Waals surface area contributed by atoms with Crippen LogP contribution in [-0.2, 0) is 9.53 Å². The van der Waals surface area contributed by atoms with Crippen molar-refractivity contribution < 1.29 is 14.3 Å². The van der Waals surface area contributed by atoms with Crippen LogP contribution >= 0.6 is 0 Å². The van der Waals surface area contributed by atoms with Crippen molar-refractivity contribution in [2.24, 2.45) is 23.2 Å². The fourth-order valence-corrected chi connectivity index (χ4v) is 7.20. The van der Waals surface area contributed by atoms with E-state index in [1.165, 1.54) is 12.0 Å². The van der Waals surface area contributed by atoms with E-state index < -0.39 is 0 Å². The molecule has 0 spiro atoms. The van der Waals surface area contributed by atoms with Crippen molar-refractivity contribution in [3.05, 3.63) is 47.5 Å². The second-order valence-electron chi connectivity index (χ2n) is 10.4. The second-order valence-corrected chi connectivity index (χ2v) is 10.4. The smallest absolute Gasteiger partial charge is 0.338 e. The largest absolute Gasteiger partial charge is 0.458 e. The summed E-state index contributed by atoms with van der Waals surface area (Å²) in [5.41, 5.74) is 2.32. The molecule has 1 saturated heterocycles. The molecule has 1 N–H and O–H groups in total. The van der Waals surface area contributed by atoms with Gasteiger partial charge < -0.3 is 10.1 Å². The molecule has 0 unspecified atom stereocenters. The molecule has 1 aromatic carbocycles. The van der Waals surface area contributed by atoms with Gasteiger partial charge in [-0.3, -0.25) is 4.79 Å². The molecule has 4 heteroatoms. The fourth-order valence-electron chi connectivity index (χ4n) is 7.20. The molecular weight excluding hydrogens is 374 g/mol. The van der Waals surface area contributed by atoms with Crippen molar-refractivity contribution in [2.45, 2.75) is 76.9 Å². The Hall–Kier alpha value is -2.10. The Kier molecular flexibility index (Phi) is 4.79. The number of carbonyl (C=O) groups is 2. The van der Waals surface area contributed by atoms with Gasteiger partial charge in [-0.25, -0.2) is 4.79 Å². The maximum absolute atomic E-state index is 12.5. The van der Waals surface area contributed by atoms with E-state index >= 15 is 0 Å². The lowest BCUT2D eigenvalue weighted by atomic mass is 9.48. The molecule has 1 amide bonds. The molecule has 1 heterocycles. The number of benzene rings is 1. The average molecular weight is 408 g/mol. The van der Waals surface area contributed by atoms with E-state index in [0.29, 0.717) is 29.7 Å². The minimum atomic E-state index is -0.204. The summed E-state index contributed by atoms with van der Waals surface area (Å²) >= 11 is 0. The number of amides is 1. The monoisotopic (exact) mass is 407 g/mol. The topological polar surface area (TPSA) is 55.4 Å². The number of rotatable bonds is 2. The van der Waals surface area contributed by atoms with Crippen LogP contribution in [0.3, 0.4) is 0 Å². The lowest BCUT2D eigenvalue weighted by Crippen LogP contribution is -2.62. The van der Waals surface area contributed by atoms with Gasteiger partial charge in [-0.1, -0.05) is 36.8 Å². The van der Waals surface area contributed by atoms with Gasteiger partial charge in [0.15, 0.2) is 0 Å². The van der Waals surface area contributed by atoms with Crippen LogP contribution in [0.25, 0.3) is 0 Å². The number of ether oxygens (including phenoxy) is 1. The lowest BCUT2D eigenvalue weighted by Gasteiger charge is -2.59. The fraction of sp³-hybridized carbons (Fsp3) is 0.615. The predicted octanol–water partition coefficient (Wildman–Crippen LogP) is 5.04. The minimum absolute atomic E-state index is 0.0172. The molecule has 3 aliphatic carbocycles. The minimum Gasteiger partial charge on any atom is -0.458 e. The molecule has 4 aliphatic rings. The first kappa shape index (κ1) is 19.8. The zero-order chi connectivity index (χ0) is 20.9. The third kappa shape index (κ3) is 3.19.